The molecule has 0 saturated heterocycles. The highest BCUT2D eigenvalue weighted by molar-refractivity contribution is 9.08. The van der Waals surface area contributed by atoms with Gasteiger partial charge >= 0.3 is 0 Å². The van der Waals surface area contributed by atoms with Crippen molar-refractivity contribution >= 4 is 21.6 Å². The lowest BCUT2D eigenvalue weighted by atomic mass is 10.1. The molecule has 0 aliphatic heterocycles. The monoisotopic (exact) mass is 315 g/mol. The summed E-state index contributed by atoms with van der Waals surface area (Å²) in [5.41, 5.74) is 2.59. The van der Waals surface area contributed by atoms with Gasteiger partial charge in [0.2, 0.25) is 0 Å². The van der Waals surface area contributed by atoms with Crippen molar-refractivity contribution in [2.45, 2.75) is 11.8 Å². The van der Waals surface area contributed by atoms with Crippen molar-refractivity contribution in [2.75, 3.05) is 45.4 Å². The minimum atomic E-state index is 0.740. The van der Waals surface area contributed by atoms with Crippen molar-refractivity contribution in [3.05, 3.63) is 29.8 Å². The van der Waals surface area contributed by atoms with Gasteiger partial charge in [0.15, 0.2) is 0 Å². The highest BCUT2D eigenvalue weighted by Gasteiger charge is 2.09. The zero-order valence-corrected chi connectivity index (χ0v) is 12.8. The molecule has 0 spiro atoms. The number of hydrogen-bond acceptors (Lipinski definition) is 3. The summed E-state index contributed by atoms with van der Waals surface area (Å²) in [5.74, 6) is 0. The normalized spacial score (nSPS) is 10.6. The van der Waals surface area contributed by atoms with Crippen LogP contribution in [0.3, 0.4) is 0 Å². The topological polar surface area (TPSA) is 21.7 Å². The molecule has 0 saturated carbocycles. The molecule has 1 aromatic carbocycles. The van der Waals surface area contributed by atoms with E-state index in [1.165, 1.54) is 11.3 Å². The molecule has 18 heavy (non-hydrogen) atoms. The van der Waals surface area contributed by atoms with Gasteiger partial charge in [0.05, 0.1) is 6.61 Å². The molecule has 0 amide bonds. The average Bonchev–Trinajstić information content (AvgIpc) is 2.42. The van der Waals surface area contributed by atoms with Gasteiger partial charge in [-0.15, -0.1) is 0 Å². The van der Waals surface area contributed by atoms with Crippen molar-refractivity contribution in [1.29, 1.82) is 0 Å². The molecule has 0 atom stereocenters. The predicted octanol–water partition coefficient (Wildman–Crippen LogP) is 3.07. The summed E-state index contributed by atoms with van der Waals surface area (Å²) in [6, 6.07) is 8.47. The van der Waals surface area contributed by atoms with Gasteiger partial charge in [-0.25, -0.2) is 0 Å². The van der Waals surface area contributed by atoms with Crippen LogP contribution in [0, 0.1) is 0 Å². The Kier molecular flexibility index (Phi) is 8.05. The average molecular weight is 316 g/mol. The molecule has 0 heterocycles. The Morgan fingerprint density at radius 2 is 1.78 bits per heavy atom. The summed E-state index contributed by atoms with van der Waals surface area (Å²) in [6.45, 7) is 3.43. The number of hydrogen-bond donors (Lipinski definition) is 0. The van der Waals surface area contributed by atoms with Gasteiger partial charge in [-0.05, 0) is 18.1 Å². The molecule has 0 N–H and O–H groups in total. The lowest BCUT2D eigenvalue weighted by molar-refractivity contribution is 0.191. The van der Waals surface area contributed by atoms with Crippen molar-refractivity contribution < 1.29 is 9.47 Å². The molecule has 0 aromatic heterocycles. The van der Waals surface area contributed by atoms with Crippen molar-refractivity contribution in [3.63, 3.8) is 0 Å². The standard InChI is InChI=1S/C14H22BrNO2/c1-17-10-5-8-16(9-11-18-2)14-7-4-3-6-13(14)12-15/h3-4,6-7H,5,8-12H2,1-2H3. The van der Waals surface area contributed by atoms with E-state index in [0.717, 1.165) is 38.1 Å². The van der Waals surface area contributed by atoms with E-state index in [1.807, 2.05) is 0 Å². The smallest absolute Gasteiger partial charge is 0.0637 e. The maximum Gasteiger partial charge on any atom is 0.0637 e. The highest BCUT2D eigenvalue weighted by atomic mass is 79.9. The molecular weight excluding hydrogens is 294 g/mol. The molecule has 1 rings (SSSR count). The zero-order valence-electron chi connectivity index (χ0n) is 11.2. The molecular formula is C14H22BrNO2. The van der Waals surface area contributed by atoms with Crippen LogP contribution < -0.4 is 4.90 Å². The van der Waals surface area contributed by atoms with Crippen molar-refractivity contribution in [2.24, 2.45) is 0 Å². The zero-order chi connectivity index (χ0) is 13.2. The number of nitrogens with zero attached hydrogens (tertiary/aromatic N) is 1. The van der Waals surface area contributed by atoms with Crippen molar-refractivity contribution in [3.8, 4) is 0 Å². The SMILES string of the molecule is COCCCN(CCOC)c1ccccc1CBr. The maximum atomic E-state index is 5.19. The molecule has 0 aliphatic carbocycles. The van der Waals surface area contributed by atoms with Crippen LogP contribution in [0.5, 0.6) is 0 Å². The Morgan fingerprint density at radius 1 is 1.06 bits per heavy atom. The molecule has 0 radical (unpaired) electrons. The number of anilines is 1. The van der Waals surface area contributed by atoms with Crippen LogP contribution in [0.25, 0.3) is 0 Å². The summed E-state index contributed by atoms with van der Waals surface area (Å²) in [5, 5.41) is 0.872. The van der Waals surface area contributed by atoms with Gasteiger partial charge in [-0.2, -0.15) is 0 Å². The molecule has 102 valence electrons. The Bertz CT molecular complexity index is 333. The Hall–Kier alpha value is -0.580. The lowest BCUT2D eigenvalue weighted by Crippen LogP contribution is -2.29. The molecule has 0 aliphatic rings. The van der Waals surface area contributed by atoms with E-state index >= 15 is 0 Å². The van der Waals surface area contributed by atoms with Gasteiger partial charge in [-0.3, -0.25) is 0 Å². The van der Waals surface area contributed by atoms with E-state index in [0.29, 0.717) is 0 Å². The number of para-hydroxylation sites is 1. The van der Waals surface area contributed by atoms with Gasteiger partial charge < -0.3 is 14.4 Å². The fraction of sp³-hybridized carbons (Fsp3) is 0.571. The quantitative estimate of drug-likeness (QED) is 0.516. The first-order valence-electron chi connectivity index (χ1n) is 6.20. The first-order valence-corrected chi connectivity index (χ1v) is 7.32. The Labute approximate surface area is 118 Å². The Balaban J connectivity index is 2.72. The minimum absolute atomic E-state index is 0.740. The van der Waals surface area contributed by atoms with E-state index in [2.05, 4.69) is 45.1 Å². The molecule has 4 heteroatoms. The number of ether oxygens (including phenoxy) is 2. The first-order chi connectivity index (χ1) is 8.83. The van der Waals surface area contributed by atoms with Gasteiger partial charge in [0.1, 0.15) is 0 Å². The number of alkyl halides is 1. The second kappa shape index (κ2) is 9.36. The van der Waals surface area contributed by atoms with E-state index in [4.69, 9.17) is 9.47 Å². The lowest BCUT2D eigenvalue weighted by Gasteiger charge is -2.26. The van der Waals surface area contributed by atoms with Crippen LogP contribution >= 0.6 is 15.9 Å². The summed E-state index contributed by atoms with van der Waals surface area (Å²) < 4.78 is 10.3. The summed E-state index contributed by atoms with van der Waals surface area (Å²) in [7, 11) is 3.48. The highest BCUT2D eigenvalue weighted by Crippen LogP contribution is 2.22. The van der Waals surface area contributed by atoms with Gasteiger partial charge in [-0.1, -0.05) is 34.1 Å². The number of halogens is 1. The predicted molar refractivity (Wildman–Crippen MR) is 79.7 cm³/mol. The number of methoxy groups -OCH3 is 2. The maximum absolute atomic E-state index is 5.19. The van der Waals surface area contributed by atoms with Gasteiger partial charge in [0.25, 0.3) is 0 Å². The largest absolute Gasteiger partial charge is 0.385 e. The molecule has 0 unspecified atom stereocenters. The first kappa shape index (κ1) is 15.5. The summed E-state index contributed by atoms with van der Waals surface area (Å²) >= 11 is 3.54. The van der Waals surface area contributed by atoms with Crippen molar-refractivity contribution in [1.82, 2.24) is 0 Å². The Morgan fingerprint density at radius 3 is 2.44 bits per heavy atom. The van der Waals surface area contributed by atoms with Crippen LogP contribution in [-0.2, 0) is 14.8 Å². The van der Waals surface area contributed by atoms with Crippen LogP contribution in [-0.4, -0.2) is 40.5 Å². The third kappa shape index (κ3) is 4.96. The van der Waals surface area contributed by atoms with Gasteiger partial charge in [0, 0.05) is 44.9 Å². The van der Waals surface area contributed by atoms with E-state index in [9.17, 15) is 0 Å². The number of rotatable bonds is 9. The van der Waals surface area contributed by atoms with E-state index < -0.39 is 0 Å². The van der Waals surface area contributed by atoms with Crippen LogP contribution in [0.15, 0.2) is 24.3 Å². The van der Waals surface area contributed by atoms with Crippen LogP contribution in [0.4, 0.5) is 5.69 Å². The minimum Gasteiger partial charge on any atom is -0.385 e. The fourth-order valence-electron chi connectivity index (χ4n) is 1.89. The van der Waals surface area contributed by atoms with E-state index in [-0.39, 0.29) is 0 Å². The molecule has 0 bridgehead atoms. The number of benzene rings is 1. The summed E-state index contributed by atoms with van der Waals surface area (Å²) in [6.07, 6.45) is 1.02. The molecule has 1 aromatic rings. The fourth-order valence-corrected chi connectivity index (χ4v) is 2.36. The molecule has 3 nitrogen and oxygen atoms in total. The second-order valence-electron chi connectivity index (χ2n) is 4.09. The molecule has 0 fully saturated rings. The van der Waals surface area contributed by atoms with E-state index in [1.54, 1.807) is 14.2 Å². The van der Waals surface area contributed by atoms with Crippen LogP contribution in [0.1, 0.15) is 12.0 Å². The summed E-state index contributed by atoms with van der Waals surface area (Å²) in [4.78, 5) is 2.36. The third-order valence-electron chi connectivity index (χ3n) is 2.82. The third-order valence-corrected chi connectivity index (χ3v) is 3.42. The van der Waals surface area contributed by atoms with Crippen LogP contribution in [0.2, 0.25) is 0 Å². The second-order valence-corrected chi connectivity index (χ2v) is 4.65.